The van der Waals surface area contributed by atoms with Crippen LogP contribution >= 0.6 is 15.9 Å². The molecule has 0 amide bonds. The second-order valence-corrected chi connectivity index (χ2v) is 6.13. The van der Waals surface area contributed by atoms with Crippen molar-refractivity contribution in [1.29, 1.82) is 0 Å². The molecule has 14 heavy (non-hydrogen) atoms. The Labute approximate surface area is 91.5 Å². The van der Waals surface area contributed by atoms with Crippen LogP contribution in [0.15, 0.2) is 28.7 Å². The molecule has 1 saturated carbocycles. The summed E-state index contributed by atoms with van der Waals surface area (Å²) >= 11 is 3.40. The Morgan fingerprint density at radius 1 is 1.36 bits per heavy atom. The number of primary sulfonamides is 1. The molecule has 1 fully saturated rings. The first-order valence-corrected chi connectivity index (χ1v) is 6.66. The van der Waals surface area contributed by atoms with E-state index in [1.807, 2.05) is 24.3 Å². The summed E-state index contributed by atoms with van der Waals surface area (Å²) in [5.41, 5.74) is 1.03. The van der Waals surface area contributed by atoms with Gasteiger partial charge in [-0.2, -0.15) is 0 Å². The van der Waals surface area contributed by atoms with E-state index in [1.54, 1.807) is 0 Å². The van der Waals surface area contributed by atoms with Gasteiger partial charge in [0.05, 0.1) is 5.25 Å². The maximum absolute atomic E-state index is 11.1. The van der Waals surface area contributed by atoms with E-state index in [0.717, 1.165) is 10.0 Å². The van der Waals surface area contributed by atoms with E-state index in [2.05, 4.69) is 15.9 Å². The van der Waals surface area contributed by atoms with E-state index < -0.39 is 10.0 Å². The van der Waals surface area contributed by atoms with Crippen LogP contribution in [-0.4, -0.2) is 13.7 Å². The van der Waals surface area contributed by atoms with E-state index in [0.29, 0.717) is 6.42 Å². The van der Waals surface area contributed by atoms with E-state index in [4.69, 9.17) is 5.14 Å². The molecule has 2 N–H and O–H groups in total. The first kappa shape index (κ1) is 10.1. The van der Waals surface area contributed by atoms with Gasteiger partial charge in [-0.25, -0.2) is 13.6 Å². The molecule has 1 aromatic carbocycles. The van der Waals surface area contributed by atoms with Crippen LogP contribution in [0.4, 0.5) is 0 Å². The molecular weight excluding hydrogens is 266 g/mol. The molecule has 1 aromatic rings. The maximum Gasteiger partial charge on any atom is 0.212 e. The van der Waals surface area contributed by atoms with E-state index >= 15 is 0 Å². The van der Waals surface area contributed by atoms with Gasteiger partial charge in [0.2, 0.25) is 10.0 Å². The minimum atomic E-state index is -3.36. The van der Waals surface area contributed by atoms with Gasteiger partial charge in [0.25, 0.3) is 0 Å². The van der Waals surface area contributed by atoms with Gasteiger partial charge in [-0.1, -0.05) is 34.1 Å². The predicted molar refractivity (Wildman–Crippen MR) is 58.4 cm³/mol. The lowest BCUT2D eigenvalue weighted by Crippen LogP contribution is -2.18. The Morgan fingerprint density at radius 2 is 2.00 bits per heavy atom. The number of hydrogen-bond acceptors (Lipinski definition) is 2. The Hall–Kier alpha value is -0.390. The smallest absolute Gasteiger partial charge is 0.212 e. The summed E-state index contributed by atoms with van der Waals surface area (Å²) in [6, 6.07) is 7.65. The molecule has 0 aliphatic heterocycles. The zero-order chi connectivity index (χ0) is 10.3. The zero-order valence-corrected chi connectivity index (χ0v) is 9.75. The van der Waals surface area contributed by atoms with Crippen LogP contribution in [0.5, 0.6) is 0 Å². The van der Waals surface area contributed by atoms with Crippen molar-refractivity contribution in [3.63, 3.8) is 0 Å². The molecule has 0 heterocycles. The lowest BCUT2D eigenvalue weighted by molar-refractivity contribution is 0.595. The monoisotopic (exact) mass is 275 g/mol. The quantitative estimate of drug-likeness (QED) is 0.891. The van der Waals surface area contributed by atoms with E-state index in [1.165, 1.54) is 0 Å². The highest BCUT2D eigenvalue weighted by Gasteiger charge is 2.47. The van der Waals surface area contributed by atoms with Gasteiger partial charge in [0.15, 0.2) is 0 Å². The van der Waals surface area contributed by atoms with Crippen LogP contribution in [-0.2, 0) is 10.0 Å². The average Bonchev–Trinajstić information content (AvgIpc) is 2.83. The topological polar surface area (TPSA) is 60.2 Å². The maximum atomic E-state index is 11.1. The Kier molecular flexibility index (Phi) is 2.41. The van der Waals surface area contributed by atoms with Crippen LogP contribution in [0.2, 0.25) is 0 Å². The van der Waals surface area contributed by atoms with Gasteiger partial charge in [-0.3, -0.25) is 0 Å². The van der Waals surface area contributed by atoms with Crippen molar-refractivity contribution in [2.45, 2.75) is 17.6 Å². The highest BCUT2D eigenvalue weighted by Crippen LogP contribution is 2.47. The molecule has 0 spiro atoms. The summed E-state index contributed by atoms with van der Waals surface area (Å²) in [7, 11) is -3.36. The molecule has 2 atom stereocenters. The molecule has 1 aliphatic rings. The fourth-order valence-corrected chi connectivity index (χ4v) is 3.30. The summed E-state index contributed by atoms with van der Waals surface area (Å²) in [6.07, 6.45) is 0.640. The van der Waals surface area contributed by atoms with Gasteiger partial charge in [-0.15, -0.1) is 0 Å². The molecule has 76 valence electrons. The standard InChI is InChI=1S/C9H10BrNO2S/c10-8-4-2-1-3-6(8)7-5-9(7)14(11,12)13/h1-4,7,9H,5H2,(H2,11,12,13)/t7-,9+/m0/s1. The van der Waals surface area contributed by atoms with Crippen molar-refractivity contribution in [3.05, 3.63) is 34.3 Å². The summed E-state index contributed by atoms with van der Waals surface area (Å²) in [5, 5.41) is 4.69. The summed E-state index contributed by atoms with van der Waals surface area (Å²) in [4.78, 5) is 0. The predicted octanol–water partition coefficient (Wildman–Crippen LogP) is 1.59. The number of sulfonamides is 1. The van der Waals surface area contributed by atoms with Crippen LogP contribution in [0.3, 0.4) is 0 Å². The van der Waals surface area contributed by atoms with E-state index in [-0.39, 0.29) is 11.2 Å². The zero-order valence-electron chi connectivity index (χ0n) is 7.35. The minimum Gasteiger partial charge on any atom is -0.228 e. The van der Waals surface area contributed by atoms with Gasteiger partial charge >= 0.3 is 0 Å². The van der Waals surface area contributed by atoms with Gasteiger partial charge in [-0.05, 0) is 18.1 Å². The molecule has 5 heteroatoms. The molecule has 0 saturated heterocycles. The minimum absolute atomic E-state index is 0.0700. The molecule has 2 rings (SSSR count). The average molecular weight is 276 g/mol. The number of nitrogens with two attached hydrogens (primary N) is 1. The van der Waals surface area contributed by atoms with Crippen molar-refractivity contribution in [2.75, 3.05) is 0 Å². The highest BCUT2D eigenvalue weighted by molar-refractivity contribution is 9.10. The van der Waals surface area contributed by atoms with Crippen LogP contribution in [0, 0.1) is 0 Å². The van der Waals surface area contributed by atoms with Crippen molar-refractivity contribution in [2.24, 2.45) is 5.14 Å². The molecule has 0 radical (unpaired) electrons. The van der Waals surface area contributed by atoms with Crippen molar-refractivity contribution >= 4 is 26.0 Å². The normalized spacial score (nSPS) is 26.1. The largest absolute Gasteiger partial charge is 0.228 e. The highest BCUT2D eigenvalue weighted by atomic mass is 79.9. The second-order valence-electron chi connectivity index (χ2n) is 3.49. The first-order valence-electron chi connectivity index (χ1n) is 4.26. The van der Waals surface area contributed by atoms with Crippen molar-refractivity contribution in [1.82, 2.24) is 0 Å². The second kappa shape index (κ2) is 3.32. The first-order chi connectivity index (χ1) is 6.50. The van der Waals surface area contributed by atoms with Crippen LogP contribution in [0.25, 0.3) is 0 Å². The van der Waals surface area contributed by atoms with Gasteiger partial charge < -0.3 is 0 Å². The van der Waals surface area contributed by atoms with E-state index in [9.17, 15) is 8.42 Å². The number of halogens is 1. The number of hydrogen-bond donors (Lipinski definition) is 1. The molecular formula is C9H10BrNO2S. The fraction of sp³-hybridized carbons (Fsp3) is 0.333. The third-order valence-corrected chi connectivity index (χ3v) is 4.55. The summed E-state index contributed by atoms with van der Waals surface area (Å²) in [5.74, 6) is 0.0700. The summed E-state index contributed by atoms with van der Waals surface area (Å²) in [6.45, 7) is 0. The Morgan fingerprint density at radius 3 is 2.50 bits per heavy atom. The van der Waals surface area contributed by atoms with Crippen molar-refractivity contribution < 1.29 is 8.42 Å². The molecule has 0 aromatic heterocycles. The fourth-order valence-electron chi connectivity index (χ4n) is 1.64. The molecule has 0 bridgehead atoms. The number of benzene rings is 1. The SMILES string of the molecule is NS(=O)(=O)[C@@H]1C[C@H]1c1ccccc1Br. The third kappa shape index (κ3) is 1.85. The van der Waals surface area contributed by atoms with Crippen LogP contribution in [0.1, 0.15) is 17.9 Å². The lowest BCUT2D eigenvalue weighted by atomic mass is 10.1. The Bertz CT molecular complexity index is 458. The molecule has 3 nitrogen and oxygen atoms in total. The van der Waals surface area contributed by atoms with Crippen LogP contribution < -0.4 is 5.14 Å². The molecule has 1 aliphatic carbocycles. The van der Waals surface area contributed by atoms with Gasteiger partial charge in [0.1, 0.15) is 0 Å². The van der Waals surface area contributed by atoms with Crippen molar-refractivity contribution in [3.8, 4) is 0 Å². The molecule has 0 unspecified atom stereocenters. The lowest BCUT2D eigenvalue weighted by Gasteiger charge is -2.01. The Balaban J connectivity index is 2.26. The summed E-state index contributed by atoms with van der Waals surface area (Å²) < 4.78 is 23.1. The number of rotatable bonds is 2. The third-order valence-electron chi connectivity index (χ3n) is 2.46. The van der Waals surface area contributed by atoms with Gasteiger partial charge in [0, 0.05) is 10.4 Å².